The maximum Gasteiger partial charge on any atom is 0.261 e. The van der Waals surface area contributed by atoms with Crippen molar-refractivity contribution in [3.63, 3.8) is 0 Å². The highest BCUT2D eigenvalue weighted by Crippen LogP contribution is 2.23. The second-order valence-electron chi connectivity index (χ2n) is 7.45. The van der Waals surface area contributed by atoms with Crippen LogP contribution < -0.4 is 10.0 Å². The lowest BCUT2D eigenvalue weighted by molar-refractivity contribution is 0.601. The fraction of sp³-hybridized carbons (Fsp3) is 0.0417. The molecule has 3 aromatic carbocycles. The van der Waals surface area contributed by atoms with Gasteiger partial charge in [0.05, 0.1) is 4.90 Å². The lowest BCUT2D eigenvalue weighted by Crippen LogP contribution is -2.12. The van der Waals surface area contributed by atoms with Crippen molar-refractivity contribution in [2.75, 3.05) is 10.0 Å². The topological polar surface area (TPSA) is 102 Å². The minimum absolute atomic E-state index is 0.215. The molecule has 9 heteroatoms. The van der Waals surface area contributed by atoms with Crippen LogP contribution in [0.2, 0.25) is 0 Å². The van der Waals surface area contributed by atoms with Gasteiger partial charge in [-0.15, -0.1) is 0 Å². The zero-order valence-corrected chi connectivity index (χ0v) is 18.5. The first-order valence-electron chi connectivity index (χ1n) is 10.2. The molecule has 0 spiro atoms. The molecule has 0 saturated carbocycles. The highest BCUT2D eigenvalue weighted by Gasteiger charge is 2.15. The Hall–Kier alpha value is -4.24. The molecule has 5 rings (SSSR count). The summed E-state index contributed by atoms with van der Waals surface area (Å²) in [6.07, 6.45) is 5.16. The van der Waals surface area contributed by atoms with Crippen molar-refractivity contribution < 1.29 is 8.42 Å². The van der Waals surface area contributed by atoms with Gasteiger partial charge in [0.15, 0.2) is 0 Å². The Labute approximate surface area is 191 Å². The van der Waals surface area contributed by atoms with Gasteiger partial charge in [-0.2, -0.15) is 0 Å². The molecule has 33 heavy (non-hydrogen) atoms. The van der Waals surface area contributed by atoms with Crippen LogP contribution in [0, 0.1) is 6.92 Å². The fourth-order valence-electron chi connectivity index (χ4n) is 3.46. The normalized spacial score (nSPS) is 11.4. The Morgan fingerprint density at radius 1 is 0.848 bits per heavy atom. The number of aryl methyl sites for hydroxylation is 1. The predicted molar refractivity (Wildman–Crippen MR) is 128 cm³/mol. The van der Waals surface area contributed by atoms with Gasteiger partial charge >= 0.3 is 0 Å². The average molecular weight is 457 g/mol. The maximum atomic E-state index is 12.9. The number of benzene rings is 3. The van der Waals surface area contributed by atoms with Gasteiger partial charge in [-0.1, -0.05) is 30.3 Å². The number of nitrogens with one attached hydrogen (secondary N) is 2. The number of sulfonamides is 1. The molecule has 0 bridgehead atoms. The molecular formula is C24H20N6O2S. The number of rotatable bonds is 6. The van der Waals surface area contributed by atoms with E-state index >= 15 is 0 Å². The summed E-state index contributed by atoms with van der Waals surface area (Å²) in [6.45, 7) is 1.82. The molecule has 0 saturated heterocycles. The molecule has 164 valence electrons. The number of nitrogens with zero attached hydrogens (tertiary/aromatic N) is 4. The van der Waals surface area contributed by atoms with E-state index in [-0.39, 0.29) is 4.90 Å². The minimum Gasteiger partial charge on any atom is -0.340 e. The SMILES string of the molecule is Cc1nc(Nc2ccc(NS(=O)(=O)c3ccc4ccccc4c3)cc2)cc(-n2ccnc2)n1. The molecule has 8 nitrogen and oxygen atoms in total. The van der Waals surface area contributed by atoms with E-state index in [0.717, 1.165) is 16.5 Å². The Kier molecular flexibility index (Phi) is 5.23. The summed E-state index contributed by atoms with van der Waals surface area (Å²) < 4.78 is 30.1. The fourth-order valence-corrected chi connectivity index (χ4v) is 4.55. The summed E-state index contributed by atoms with van der Waals surface area (Å²) in [5, 5.41) is 5.09. The number of aromatic nitrogens is 4. The zero-order valence-electron chi connectivity index (χ0n) is 17.7. The molecule has 5 aromatic rings. The van der Waals surface area contributed by atoms with Gasteiger partial charge in [0, 0.05) is 29.8 Å². The molecule has 0 atom stereocenters. The van der Waals surface area contributed by atoms with Gasteiger partial charge < -0.3 is 5.32 Å². The summed E-state index contributed by atoms with van der Waals surface area (Å²) in [6, 6.07) is 21.5. The van der Waals surface area contributed by atoms with Crippen LogP contribution in [0.1, 0.15) is 5.82 Å². The van der Waals surface area contributed by atoms with Crippen LogP contribution in [0.25, 0.3) is 16.6 Å². The highest BCUT2D eigenvalue weighted by molar-refractivity contribution is 7.92. The first-order valence-corrected chi connectivity index (χ1v) is 11.7. The Balaban J connectivity index is 1.33. The number of hydrogen-bond acceptors (Lipinski definition) is 6. The van der Waals surface area contributed by atoms with Gasteiger partial charge in [-0.05, 0) is 54.1 Å². The van der Waals surface area contributed by atoms with Crippen molar-refractivity contribution in [2.45, 2.75) is 11.8 Å². The number of imidazole rings is 1. The predicted octanol–water partition coefficient (Wildman–Crippen LogP) is 4.67. The monoisotopic (exact) mass is 456 g/mol. The van der Waals surface area contributed by atoms with E-state index in [2.05, 4.69) is 25.0 Å². The second kappa shape index (κ2) is 8.36. The largest absolute Gasteiger partial charge is 0.340 e. The zero-order chi connectivity index (χ0) is 22.8. The van der Waals surface area contributed by atoms with Crippen molar-refractivity contribution >= 4 is 38.0 Å². The summed E-state index contributed by atoms with van der Waals surface area (Å²) >= 11 is 0. The van der Waals surface area contributed by atoms with E-state index in [1.54, 1.807) is 59.6 Å². The Morgan fingerprint density at radius 3 is 2.36 bits per heavy atom. The lowest BCUT2D eigenvalue weighted by Gasteiger charge is -2.11. The van der Waals surface area contributed by atoms with Gasteiger partial charge in [0.25, 0.3) is 10.0 Å². The van der Waals surface area contributed by atoms with Crippen molar-refractivity contribution in [3.05, 3.63) is 97.3 Å². The van der Waals surface area contributed by atoms with E-state index in [0.29, 0.717) is 23.1 Å². The van der Waals surface area contributed by atoms with E-state index in [4.69, 9.17) is 0 Å². The third-order valence-electron chi connectivity index (χ3n) is 5.03. The quantitative estimate of drug-likeness (QED) is 0.385. The van der Waals surface area contributed by atoms with E-state index in [1.807, 2.05) is 43.5 Å². The van der Waals surface area contributed by atoms with Crippen LogP contribution in [0.4, 0.5) is 17.2 Å². The third kappa shape index (κ3) is 4.53. The van der Waals surface area contributed by atoms with Crippen LogP contribution in [0.3, 0.4) is 0 Å². The Morgan fingerprint density at radius 2 is 1.61 bits per heavy atom. The smallest absolute Gasteiger partial charge is 0.261 e. The number of fused-ring (bicyclic) bond motifs is 1. The summed E-state index contributed by atoms with van der Waals surface area (Å²) in [7, 11) is -3.71. The van der Waals surface area contributed by atoms with Crippen LogP contribution in [0.5, 0.6) is 0 Å². The van der Waals surface area contributed by atoms with Crippen molar-refractivity contribution in [1.29, 1.82) is 0 Å². The first kappa shape index (κ1) is 20.7. The third-order valence-corrected chi connectivity index (χ3v) is 6.41. The lowest BCUT2D eigenvalue weighted by atomic mass is 10.1. The molecule has 0 aliphatic rings. The summed E-state index contributed by atoms with van der Waals surface area (Å²) in [5.74, 6) is 1.93. The molecule has 2 N–H and O–H groups in total. The van der Waals surface area contributed by atoms with Gasteiger partial charge in [0.1, 0.15) is 23.8 Å². The summed E-state index contributed by atoms with van der Waals surface area (Å²) in [4.78, 5) is 13.1. The molecule has 0 aliphatic carbocycles. The molecule has 2 heterocycles. The highest BCUT2D eigenvalue weighted by atomic mass is 32.2. The van der Waals surface area contributed by atoms with Crippen LogP contribution in [-0.4, -0.2) is 27.9 Å². The molecule has 2 aromatic heterocycles. The molecular weight excluding hydrogens is 436 g/mol. The molecule has 0 radical (unpaired) electrons. The average Bonchev–Trinajstić information content (AvgIpc) is 3.35. The molecule has 0 aliphatic heterocycles. The van der Waals surface area contributed by atoms with E-state index in [9.17, 15) is 8.42 Å². The molecule has 0 amide bonds. The molecule has 0 unspecified atom stereocenters. The van der Waals surface area contributed by atoms with Crippen LogP contribution >= 0.6 is 0 Å². The van der Waals surface area contributed by atoms with E-state index in [1.165, 1.54) is 0 Å². The van der Waals surface area contributed by atoms with Gasteiger partial charge in [0.2, 0.25) is 0 Å². The molecule has 0 fully saturated rings. The van der Waals surface area contributed by atoms with Crippen molar-refractivity contribution in [1.82, 2.24) is 19.5 Å². The Bertz CT molecular complexity index is 1530. The van der Waals surface area contributed by atoms with Crippen LogP contribution in [-0.2, 0) is 10.0 Å². The van der Waals surface area contributed by atoms with E-state index < -0.39 is 10.0 Å². The second-order valence-corrected chi connectivity index (χ2v) is 9.13. The number of anilines is 3. The van der Waals surface area contributed by atoms with Gasteiger partial charge in [-0.25, -0.2) is 23.4 Å². The first-order chi connectivity index (χ1) is 16.0. The number of hydrogen-bond donors (Lipinski definition) is 2. The summed E-state index contributed by atoms with van der Waals surface area (Å²) in [5.41, 5.74) is 1.23. The van der Waals surface area contributed by atoms with Crippen molar-refractivity contribution in [3.8, 4) is 5.82 Å². The van der Waals surface area contributed by atoms with Gasteiger partial charge in [-0.3, -0.25) is 9.29 Å². The minimum atomic E-state index is -3.71. The maximum absolute atomic E-state index is 12.9. The van der Waals surface area contributed by atoms with Crippen LogP contribution in [0.15, 0.2) is 96.4 Å². The standard InChI is InChI=1S/C24H20N6O2S/c1-17-26-23(15-24(27-17)30-13-12-25-16-30)28-20-7-9-21(10-8-20)29-33(31,32)22-11-6-18-4-2-3-5-19(18)14-22/h2-16,29H,1H3,(H,26,27,28). The van der Waals surface area contributed by atoms with Crippen molar-refractivity contribution in [2.24, 2.45) is 0 Å².